The molecule has 0 aliphatic heterocycles. The molecule has 0 fully saturated rings. The quantitative estimate of drug-likeness (QED) is 0.604. The highest BCUT2D eigenvalue weighted by atomic mass is 32.2. The first-order valence-electron chi connectivity index (χ1n) is 7.42. The van der Waals surface area contributed by atoms with Gasteiger partial charge in [-0.25, -0.2) is 8.78 Å². The number of thioether (sulfide) groups is 1. The van der Waals surface area contributed by atoms with Crippen molar-refractivity contribution in [3.63, 3.8) is 0 Å². The molecule has 24 heavy (non-hydrogen) atoms. The molecule has 7 heteroatoms. The third-order valence-corrected chi connectivity index (χ3v) is 3.83. The summed E-state index contributed by atoms with van der Waals surface area (Å²) in [7, 11) is 0. The first kappa shape index (κ1) is 18.4. The summed E-state index contributed by atoms with van der Waals surface area (Å²) in [5, 5.41) is 0.534. The maximum Gasteiger partial charge on any atom is 0.257 e. The molecule has 0 bridgehead atoms. The van der Waals surface area contributed by atoms with Crippen molar-refractivity contribution in [1.29, 1.82) is 0 Å². The fraction of sp³-hybridized carbons (Fsp3) is 0.412. The Morgan fingerprint density at radius 3 is 2.54 bits per heavy atom. The van der Waals surface area contributed by atoms with E-state index in [0.717, 1.165) is 12.1 Å². The Morgan fingerprint density at radius 1 is 1.25 bits per heavy atom. The van der Waals surface area contributed by atoms with Crippen LogP contribution in [0.4, 0.5) is 8.78 Å². The highest BCUT2D eigenvalue weighted by Crippen LogP contribution is 2.21. The summed E-state index contributed by atoms with van der Waals surface area (Å²) >= 11 is 1.34. The molecule has 2 aromatic rings. The van der Waals surface area contributed by atoms with E-state index in [2.05, 4.69) is 4.98 Å². The maximum absolute atomic E-state index is 13.6. The largest absolute Gasteiger partial charge is 0.472 e. The normalized spacial score (nSPS) is 11.6. The van der Waals surface area contributed by atoms with Crippen LogP contribution in [0.25, 0.3) is 0 Å². The molecule has 1 heterocycles. The third-order valence-electron chi connectivity index (χ3n) is 3.16. The Kier molecular flexibility index (Phi) is 5.64. The van der Waals surface area contributed by atoms with E-state index < -0.39 is 11.6 Å². The zero-order chi connectivity index (χ0) is 17.9. The maximum atomic E-state index is 13.6. The Labute approximate surface area is 143 Å². The van der Waals surface area contributed by atoms with Crippen LogP contribution in [-0.4, -0.2) is 15.8 Å². The topological polar surface area (TPSA) is 44.1 Å². The van der Waals surface area contributed by atoms with Gasteiger partial charge in [0.15, 0.2) is 5.16 Å². The number of ether oxygens (including phenoxy) is 1. The lowest BCUT2D eigenvalue weighted by Gasteiger charge is -2.21. The van der Waals surface area contributed by atoms with Gasteiger partial charge in [-0.2, -0.15) is 4.98 Å². The van der Waals surface area contributed by atoms with Gasteiger partial charge in [0.25, 0.3) is 5.56 Å². The number of nitrogens with zero attached hydrogens (tertiary/aromatic N) is 2. The van der Waals surface area contributed by atoms with Gasteiger partial charge in [-0.3, -0.25) is 9.36 Å². The lowest BCUT2D eigenvalue weighted by atomic mass is 9.97. The molecular weight excluding hydrogens is 334 g/mol. The minimum atomic E-state index is -0.693. The van der Waals surface area contributed by atoms with Gasteiger partial charge < -0.3 is 4.74 Å². The van der Waals surface area contributed by atoms with Crippen LogP contribution in [0.3, 0.4) is 0 Å². The predicted octanol–water partition coefficient (Wildman–Crippen LogP) is 3.87. The molecule has 2 rings (SSSR count). The fourth-order valence-electron chi connectivity index (χ4n) is 2.10. The van der Waals surface area contributed by atoms with E-state index in [0.29, 0.717) is 11.7 Å². The number of rotatable bonds is 5. The average molecular weight is 354 g/mol. The monoisotopic (exact) mass is 354 g/mol. The van der Waals surface area contributed by atoms with Gasteiger partial charge >= 0.3 is 0 Å². The van der Waals surface area contributed by atoms with Gasteiger partial charge in [0.2, 0.25) is 5.88 Å². The molecule has 4 nitrogen and oxygen atoms in total. The number of halogens is 2. The van der Waals surface area contributed by atoms with Gasteiger partial charge in [-0.1, -0.05) is 32.5 Å². The molecule has 0 saturated carbocycles. The van der Waals surface area contributed by atoms with Gasteiger partial charge in [0.05, 0.1) is 6.07 Å². The van der Waals surface area contributed by atoms with Crippen molar-refractivity contribution < 1.29 is 13.5 Å². The van der Waals surface area contributed by atoms with Crippen LogP contribution >= 0.6 is 11.8 Å². The van der Waals surface area contributed by atoms with Gasteiger partial charge in [-0.05, 0) is 23.8 Å². The van der Waals surface area contributed by atoms with Crippen LogP contribution in [0.2, 0.25) is 0 Å². The zero-order valence-electron chi connectivity index (χ0n) is 14.1. The fourth-order valence-corrected chi connectivity index (χ4v) is 2.66. The molecule has 0 atom stereocenters. The summed E-state index contributed by atoms with van der Waals surface area (Å²) in [5.41, 5.74) is -0.100. The van der Waals surface area contributed by atoms with Crippen molar-refractivity contribution in [3.05, 3.63) is 51.8 Å². The van der Waals surface area contributed by atoms with Crippen LogP contribution in [0.5, 0.6) is 5.88 Å². The molecule has 130 valence electrons. The molecular formula is C17H20F2N2O2S. The predicted molar refractivity (Wildman–Crippen MR) is 90.4 cm³/mol. The minimum Gasteiger partial charge on any atom is -0.472 e. The van der Waals surface area contributed by atoms with Crippen molar-refractivity contribution in [2.45, 2.75) is 39.1 Å². The zero-order valence-corrected chi connectivity index (χ0v) is 14.9. The van der Waals surface area contributed by atoms with Gasteiger partial charge in [0.1, 0.15) is 18.2 Å². The summed E-state index contributed by atoms with van der Waals surface area (Å²) in [6.07, 6.45) is 1.82. The van der Waals surface area contributed by atoms with E-state index in [1.807, 2.05) is 27.0 Å². The number of aromatic nitrogens is 2. The lowest BCUT2D eigenvalue weighted by molar-refractivity contribution is 0.274. The Morgan fingerprint density at radius 2 is 1.96 bits per heavy atom. The van der Waals surface area contributed by atoms with Crippen molar-refractivity contribution >= 4 is 11.8 Å². The summed E-state index contributed by atoms with van der Waals surface area (Å²) in [6.45, 7) is 6.50. The lowest BCUT2D eigenvalue weighted by Crippen LogP contribution is -2.28. The highest BCUT2D eigenvalue weighted by molar-refractivity contribution is 7.98. The molecule has 0 spiro atoms. The SMILES string of the molecule is CSc1nc(OCc2ccc(F)cc2F)cc(=O)n1CC(C)(C)C. The first-order chi connectivity index (χ1) is 11.2. The molecule has 1 aromatic carbocycles. The number of hydrogen-bond acceptors (Lipinski definition) is 4. The Hall–Kier alpha value is -1.89. The first-order valence-corrected chi connectivity index (χ1v) is 8.65. The summed E-state index contributed by atoms with van der Waals surface area (Å²) in [4.78, 5) is 16.6. The molecule has 0 unspecified atom stereocenters. The van der Waals surface area contributed by atoms with Crippen molar-refractivity contribution in [2.75, 3.05) is 6.26 Å². The second-order valence-electron chi connectivity index (χ2n) is 6.59. The van der Waals surface area contributed by atoms with E-state index in [4.69, 9.17) is 4.74 Å². The summed E-state index contributed by atoms with van der Waals surface area (Å²) in [5.74, 6) is -1.22. The summed E-state index contributed by atoms with van der Waals surface area (Å²) in [6, 6.07) is 4.54. The van der Waals surface area contributed by atoms with Crippen LogP contribution in [0.15, 0.2) is 34.2 Å². The second-order valence-corrected chi connectivity index (χ2v) is 7.36. The molecule has 0 N–H and O–H groups in total. The van der Waals surface area contributed by atoms with E-state index in [1.54, 1.807) is 4.57 Å². The molecule has 0 saturated heterocycles. The van der Waals surface area contributed by atoms with Crippen molar-refractivity contribution in [2.24, 2.45) is 5.41 Å². The van der Waals surface area contributed by atoms with Gasteiger partial charge in [0, 0.05) is 18.2 Å². The Bertz CT molecular complexity index is 785. The van der Waals surface area contributed by atoms with Crippen LogP contribution in [0.1, 0.15) is 26.3 Å². The smallest absolute Gasteiger partial charge is 0.257 e. The molecule has 0 aliphatic carbocycles. The standard InChI is InChI=1S/C17H20F2N2O2S/c1-17(2,3)10-21-15(22)8-14(20-16(21)24-4)23-9-11-5-6-12(18)7-13(11)19/h5-8H,9-10H2,1-4H3. The van der Waals surface area contributed by atoms with Crippen LogP contribution < -0.4 is 10.3 Å². The number of hydrogen-bond donors (Lipinski definition) is 0. The number of benzene rings is 1. The van der Waals surface area contributed by atoms with E-state index in [1.165, 1.54) is 23.9 Å². The molecule has 1 aromatic heterocycles. The summed E-state index contributed by atoms with van der Waals surface area (Å²) < 4.78 is 33.5. The van der Waals surface area contributed by atoms with Crippen LogP contribution in [-0.2, 0) is 13.2 Å². The molecule has 0 radical (unpaired) electrons. The molecule has 0 aliphatic rings. The van der Waals surface area contributed by atoms with Crippen molar-refractivity contribution in [3.8, 4) is 5.88 Å². The van der Waals surface area contributed by atoms with E-state index in [-0.39, 0.29) is 29.0 Å². The molecule has 0 amide bonds. The average Bonchev–Trinajstić information content (AvgIpc) is 2.47. The van der Waals surface area contributed by atoms with E-state index >= 15 is 0 Å². The van der Waals surface area contributed by atoms with Crippen molar-refractivity contribution in [1.82, 2.24) is 9.55 Å². The third kappa shape index (κ3) is 4.80. The van der Waals surface area contributed by atoms with Crippen LogP contribution in [0, 0.1) is 17.0 Å². The Balaban J connectivity index is 2.22. The second kappa shape index (κ2) is 7.34. The highest BCUT2D eigenvalue weighted by Gasteiger charge is 2.17. The minimum absolute atomic E-state index is 0.0738. The van der Waals surface area contributed by atoms with E-state index in [9.17, 15) is 13.6 Å². The van der Waals surface area contributed by atoms with Gasteiger partial charge in [-0.15, -0.1) is 0 Å².